The lowest BCUT2D eigenvalue weighted by Crippen LogP contribution is -2.36. The van der Waals surface area contributed by atoms with Crippen LogP contribution in [0.2, 0.25) is 0 Å². The highest BCUT2D eigenvalue weighted by molar-refractivity contribution is 7.15. The third kappa shape index (κ3) is 5.91. The van der Waals surface area contributed by atoms with Crippen LogP contribution in [-0.4, -0.2) is 46.5 Å². The number of aliphatic hydroxyl groups is 2. The Morgan fingerprint density at radius 2 is 1.96 bits per heavy atom. The van der Waals surface area contributed by atoms with Gasteiger partial charge in [-0.1, -0.05) is 41.7 Å². The molecule has 2 atom stereocenters. The minimum Gasteiger partial charge on any atom is -0.461 e. The number of anilines is 1. The molecular formula is C17H21N3O6S. The number of rotatable bonds is 8. The van der Waals surface area contributed by atoms with E-state index in [9.17, 15) is 19.8 Å². The van der Waals surface area contributed by atoms with Crippen LogP contribution < -0.4 is 11.1 Å². The third-order valence-corrected chi connectivity index (χ3v) is 4.40. The Morgan fingerprint density at radius 3 is 2.63 bits per heavy atom. The molecule has 5 N–H and O–H groups in total. The maximum Gasteiger partial charge on any atom is 0.407 e. The number of aliphatic hydroxyl groups excluding tert-OH is 2. The zero-order valence-corrected chi connectivity index (χ0v) is 15.4. The molecule has 1 aromatic heterocycles. The van der Waals surface area contributed by atoms with Gasteiger partial charge in [0.25, 0.3) is 0 Å². The zero-order chi connectivity index (χ0) is 19.8. The summed E-state index contributed by atoms with van der Waals surface area (Å²) in [4.78, 5) is 27.5. The Kier molecular flexibility index (Phi) is 7.53. The number of carbonyl (C=O) groups excluding carboxylic acids is 2. The van der Waals surface area contributed by atoms with Crippen LogP contribution in [0.15, 0.2) is 30.3 Å². The predicted molar refractivity (Wildman–Crippen MR) is 98.1 cm³/mol. The third-order valence-electron chi connectivity index (χ3n) is 3.44. The van der Waals surface area contributed by atoms with Gasteiger partial charge >= 0.3 is 12.1 Å². The van der Waals surface area contributed by atoms with E-state index in [0.29, 0.717) is 0 Å². The van der Waals surface area contributed by atoms with Crippen molar-refractivity contribution >= 4 is 28.5 Å². The van der Waals surface area contributed by atoms with Crippen molar-refractivity contribution in [1.29, 1.82) is 0 Å². The number of carbonyl (C=O) groups is 2. The number of esters is 1. The summed E-state index contributed by atoms with van der Waals surface area (Å²) in [6.07, 6.45) is -3.63. The summed E-state index contributed by atoms with van der Waals surface area (Å²) >= 11 is 0.859. The van der Waals surface area contributed by atoms with Crippen LogP contribution in [0.5, 0.6) is 0 Å². The Balaban J connectivity index is 1.89. The molecule has 9 nitrogen and oxygen atoms in total. The number of nitrogen functional groups attached to an aromatic ring is 1. The molecule has 10 heteroatoms. The number of benzene rings is 1. The van der Waals surface area contributed by atoms with Gasteiger partial charge in [-0.3, -0.25) is 0 Å². The zero-order valence-electron chi connectivity index (χ0n) is 14.6. The highest BCUT2D eigenvalue weighted by Crippen LogP contribution is 2.29. The molecule has 0 fully saturated rings. The number of alkyl carbamates (subject to hydrolysis) is 1. The second-order valence-electron chi connectivity index (χ2n) is 5.44. The number of hydrogen-bond acceptors (Lipinski definition) is 9. The molecule has 0 aliphatic heterocycles. The maximum atomic E-state index is 11.9. The first-order valence-electron chi connectivity index (χ1n) is 8.16. The fourth-order valence-electron chi connectivity index (χ4n) is 2.14. The van der Waals surface area contributed by atoms with Crippen LogP contribution in [-0.2, 0) is 16.1 Å². The largest absolute Gasteiger partial charge is 0.461 e. The lowest BCUT2D eigenvalue weighted by atomic mass is 10.1. The van der Waals surface area contributed by atoms with E-state index < -0.39 is 24.3 Å². The molecule has 27 heavy (non-hydrogen) atoms. The van der Waals surface area contributed by atoms with Crippen LogP contribution >= 0.6 is 11.3 Å². The monoisotopic (exact) mass is 395 g/mol. The molecule has 1 aromatic carbocycles. The number of aromatic nitrogens is 1. The number of ether oxygens (including phenoxy) is 2. The highest BCUT2D eigenvalue weighted by Gasteiger charge is 2.29. The molecule has 0 spiro atoms. The van der Waals surface area contributed by atoms with E-state index in [-0.39, 0.29) is 35.5 Å². The van der Waals surface area contributed by atoms with Crippen molar-refractivity contribution in [1.82, 2.24) is 10.3 Å². The topological polar surface area (TPSA) is 144 Å². The maximum absolute atomic E-state index is 11.9. The highest BCUT2D eigenvalue weighted by atomic mass is 32.1. The van der Waals surface area contributed by atoms with Gasteiger partial charge in [-0.2, -0.15) is 0 Å². The molecule has 2 rings (SSSR count). The normalized spacial score (nSPS) is 12.9. The van der Waals surface area contributed by atoms with E-state index >= 15 is 0 Å². The Morgan fingerprint density at radius 1 is 1.26 bits per heavy atom. The van der Waals surface area contributed by atoms with Crippen molar-refractivity contribution in [3.63, 3.8) is 0 Å². The standard InChI is InChI=1S/C17H21N3O6S/c1-2-25-15(23)12-14(27-16(18)20-12)13(22)11(21)8-19-17(24)26-9-10-6-4-3-5-7-10/h3-7,11,13,21-22H,2,8-9H2,1H3,(H2,18,20)(H,19,24). The van der Waals surface area contributed by atoms with Crippen molar-refractivity contribution in [2.75, 3.05) is 18.9 Å². The minimum atomic E-state index is -1.48. The first-order chi connectivity index (χ1) is 12.9. The number of hydrogen-bond donors (Lipinski definition) is 4. The van der Waals surface area contributed by atoms with Crippen LogP contribution in [0.3, 0.4) is 0 Å². The summed E-state index contributed by atoms with van der Waals surface area (Å²) in [6, 6.07) is 9.09. The van der Waals surface area contributed by atoms with Gasteiger partial charge in [0.1, 0.15) is 18.8 Å². The summed E-state index contributed by atoms with van der Waals surface area (Å²) in [5.41, 5.74) is 6.24. The van der Waals surface area contributed by atoms with Crippen LogP contribution in [0.25, 0.3) is 0 Å². The molecule has 2 aromatic rings. The number of amides is 1. The van der Waals surface area contributed by atoms with Gasteiger partial charge in [-0.25, -0.2) is 14.6 Å². The fraction of sp³-hybridized carbons (Fsp3) is 0.353. The minimum absolute atomic E-state index is 0.0505. The molecule has 0 aliphatic rings. The Hall–Kier alpha value is -2.69. The van der Waals surface area contributed by atoms with Gasteiger partial charge in [0.15, 0.2) is 10.8 Å². The van der Waals surface area contributed by atoms with E-state index in [2.05, 4.69) is 10.3 Å². The van der Waals surface area contributed by atoms with E-state index in [0.717, 1.165) is 16.9 Å². The second kappa shape index (κ2) is 9.86. The summed E-state index contributed by atoms with van der Waals surface area (Å²) < 4.78 is 9.87. The number of thiazole rings is 1. The number of nitrogens with one attached hydrogen (secondary N) is 1. The predicted octanol–water partition coefficient (Wildman–Crippen LogP) is 1.22. The van der Waals surface area contributed by atoms with Crippen molar-refractivity contribution in [2.24, 2.45) is 0 Å². The molecule has 1 heterocycles. The average molecular weight is 395 g/mol. The smallest absolute Gasteiger partial charge is 0.407 e. The van der Waals surface area contributed by atoms with Crippen molar-refractivity contribution in [3.05, 3.63) is 46.5 Å². The van der Waals surface area contributed by atoms with Crippen LogP contribution in [0, 0.1) is 0 Å². The van der Waals surface area contributed by atoms with E-state index in [4.69, 9.17) is 15.2 Å². The van der Waals surface area contributed by atoms with Gasteiger partial charge in [-0.15, -0.1) is 0 Å². The van der Waals surface area contributed by atoms with Crippen molar-refractivity contribution in [3.8, 4) is 0 Å². The molecule has 0 saturated heterocycles. The number of nitrogens with two attached hydrogens (primary N) is 1. The Labute approximate surface area is 159 Å². The van der Waals surface area contributed by atoms with Gasteiger partial charge < -0.3 is 30.7 Å². The summed E-state index contributed by atoms with van der Waals surface area (Å²) in [6.45, 7) is 1.53. The fourth-order valence-corrected chi connectivity index (χ4v) is 3.01. The van der Waals surface area contributed by atoms with Crippen LogP contribution in [0.1, 0.15) is 34.0 Å². The average Bonchev–Trinajstić information content (AvgIpc) is 3.06. The van der Waals surface area contributed by atoms with Gasteiger partial charge in [0, 0.05) is 6.54 Å². The Bertz CT molecular complexity index is 767. The van der Waals surface area contributed by atoms with E-state index in [1.165, 1.54) is 0 Å². The van der Waals surface area contributed by atoms with Gasteiger partial charge in [0.2, 0.25) is 0 Å². The first kappa shape index (κ1) is 20.6. The van der Waals surface area contributed by atoms with Crippen molar-refractivity contribution in [2.45, 2.75) is 25.7 Å². The van der Waals surface area contributed by atoms with Crippen LogP contribution in [0.4, 0.5) is 9.93 Å². The molecular weight excluding hydrogens is 374 g/mol. The molecule has 146 valence electrons. The van der Waals surface area contributed by atoms with Crippen molar-refractivity contribution < 1.29 is 29.3 Å². The molecule has 2 unspecified atom stereocenters. The quantitative estimate of drug-likeness (QED) is 0.489. The molecule has 0 aliphatic carbocycles. The number of nitrogens with zero attached hydrogens (tertiary/aromatic N) is 1. The van der Waals surface area contributed by atoms with Gasteiger partial charge in [-0.05, 0) is 12.5 Å². The van der Waals surface area contributed by atoms with Gasteiger partial charge in [0.05, 0.1) is 11.5 Å². The molecule has 0 bridgehead atoms. The van der Waals surface area contributed by atoms with E-state index in [1.807, 2.05) is 18.2 Å². The summed E-state index contributed by atoms with van der Waals surface area (Å²) in [5, 5.41) is 22.8. The lowest BCUT2D eigenvalue weighted by Gasteiger charge is -2.17. The summed E-state index contributed by atoms with van der Waals surface area (Å²) in [5.74, 6) is -0.748. The van der Waals surface area contributed by atoms with E-state index in [1.54, 1.807) is 19.1 Å². The second-order valence-corrected chi connectivity index (χ2v) is 6.50. The molecule has 0 saturated carbocycles. The summed E-state index contributed by atoms with van der Waals surface area (Å²) in [7, 11) is 0. The lowest BCUT2D eigenvalue weighted by molar-refractivity contribution is 0.0187. The SMILES string of the molecule is CCOC(=O)c1nc(N)sc1C(O)C(O)CNC(=O)OCc1ccccc1. The molecule has 1 amide bonds. The molecule has 0 radical (unpaired) electrons. The first-order valence-corrected chi connectivity index (χ1v) is 8.98.